The third-order valence-electron chi connectivity index (χ3n) is 1.40. The molecule has 5 heteroatoms. The van der Waals surface area contributed by atoms with Crippen LogP contribution in [-0.4, -0.2) is 24.3 Å². The molecule has 1 aromatic rings. The third-order valence-corrected chi connectivity index (χ3v) is 2.05. The summed E-state index contributed by atoms with van der Waals surface area (Å²) in [7, 11) is 1.56. The Labute approximate surface area is 81.1 Å². The lowest BCUT2D eigenvalue weighted by molar-refractivity contribution is 0.254. The van der Waals surface area contributed by atoms with E-state index in [-0.39, 0.29) is 6.03 Å². The van der Waals surface area contributed by atoms with E-state index < -0.39 is 0 Å². The first kappa shape index (κ1) is 9.85. The van der Waals surface area contributed by atoms with Gasteiger partial charge < -0.3 is 5.32 Å². The Morgan fingerprint density at radius 2 is 2.31 bits per heavy atom. The molecule has 1 heterocycles. The lowest BCUT2D eigenvalue weighted by Crippen LogP contribution is -2.24. The van der Waals surface area contributed by atoms with Gasteiger partial charge in [-0.05, 0) is 18.4 Å². The molecule has 0 radical (unpaired) electrons. The van der Waals surface area contributed by atoms with Gasteiger partial charge in [0.15, 0.2) is 0 Å². The number of nitrogens with one attached hydrogen (secondary N) is 2. The summed E-state index contributed by atoms with van der Waals surface area (Å²) in [4.78, 5) is 15.1. The van der Waals surface area contributed by atoms with Gasteiger partial charge in [0.1, 0.15) is 5.82 Å². The lowest BCUT2D eigenvalue weighted by Gasteiger charge is -2.03. The van der Waals surface area contributed by atoms with Crippen LogP contribution in [-0.2, 0) is 0 Å². The average molecular weight is 197 g/mol. The molecule has 0 aliphatic heterocycles. The zero-order valence-corrected chi connectivity index (χ0v) is 8.31. The number of pyridine rings is 1. The molecule has 70 valence electrons. The van der Waals surface area contributed by atoms with Gasteiger partial charge in [0.25, 0.3) is 0 Å². The molecule has 0 aliphatic carbocycles. The number of aromatic nitrogens is 1. The van der Waals surface area contributed by atoms with Crippen LogP contribution in [0.1, 0.15) is 0 Å². The van der Waals surface area contributed by atoms with Crippen molar-refractivity contribution < 1.29 is 4.79 Å². The SMILES string of the molecule is CNC(=O)Nc1cccc(SC)n1. The Bertz CT molecular complexity index is 303. The van der Waals surface area contributed by atoms with Gasteiger partial charge in [-0.2, -0.15) is 0 Å². The molecule has 13 heavy (non-hydrogen) atoms. The normalized spacial score (nSPS) is 9.38. The van der Waals surface area contributed by atoms with E-state index in [9.17, 15) is 4.79 Å². The van der Waals surface area contributed by atoms with Crippen LogP contribution in [0.5, 0.6) is 0 Å². The summed E-state index contributed by atoms with van der Waals surface area (Å²) in [5.41, 5.74) is 0. The molecule has 0 fully saturated rings. The Kier molecular flexibility index (Phi) is 3.57. The van der Waals surface area contributed by atoms with E-state index in [1.807, 2.05) is 18.4 Å². The van der Waals surface area contributed by atoms with Crippen molar-refractivity contribution in [3.05, 3.63) is 18.2 Å². The van der Waals surface area contributed by atoms with Crippen LogP contribution in [0.2, 0.25) is 0 Å². The highest BCUT2D eigenvalue weighted by atomic mass is 32.2. The van der Waals surface area contributed by atoms with E-state index in [4.69, 9.17) is 0 Å². The minimum Gasteiger partial charge on any atom is -0.341 e. The number of nitrogens with zero attached hydrogens (tertiary/aromatic N) is 1. The number of thioether (sulfide) groups is 1. The second-order valence-corrected chi connectivity index (χ2v) is 3.10. The monoisotopic (exact) mass is 197 g/mol. The molecule has 0 bridgehead atoms. The fourth-order valence-electron chi connectivity index (χ4n) is 0.777. The minimum absolute atomic E-state index is 0.259. The molecule has 0 saturated heterocycles. The predicted octanol–water partition coefficient (Wildman–Crippen LogP) is 1.55. The Morgan fingerprint density at radius 3 is 2.92 bits per heavy atom. The molecule has 0 atom stereocenters. The van der Waals surface area contributed by atoms with Crippen molar-refractivity contribution in [1.82, 2.24) is 10.3 Å². The fourth-order valence-corrected chi connectivity index (χ4v) is 1.18. The molecule has 0 aliphatic rings. The van der Waals surface area contributed by atoms with Gasteiger partial charge in [-0.25, -0.2) is 9.78 Å². The maximum absolute atomic E-state index is 10.9. The number of hydrogen-bond acceptors (Lipinski definition) is 3. The topological polar surface area (TPSA) is 54.0 Å². The van der Waals surface area contributed by atoms with Gasteiger partial charge in [-0.1, -0.05) is 6.07 Å². The quantitative estimate of drug-likeness (QED) is 0.707. The van der Waals surface area contributed by atoms with Crippen LogP contribution in [0, 0.1) is 0 Å². The van der Waals surface area contributed by atoms with Gasteiger partial charge in [0.2, 0.25) is 0 Å². The molecule has 2 amide bonds. The van der Waals surface area contributed by atoms with Crippen LogP contribution in [0.3, 0.4) is 0 Å². The van der Waals surface area contributed by atoms with Gasteiger partial charge in [-0.3, -0.25) is 5.32 Å². The van der Waals surface area contributed by atoms with Crippen molar-refractivity contribution in [3.8, 4) is 0 Å². The number of anilines is 1. The highest BCUT2D eigenvalue weighted by Gasteiger charge is 1.99. The van der Waals surface area contributed by atoms with Gasteiger partial charge in [0.05, 0.1) is 5.03 Å². The molecule has 1 rings (SSSR count). The van der Waals surface area contributed by atoms with Crippen molar-refractivity contribution in [2.45, 2.75) is 5.03 Å². The average Bonchev–Trinajstić information content (AvgIpc) is 2.18. The molecule has 0 saturated carbocycles. The zero-order chi connectivity index (χ0) is 9.68. The first-order valence-corrected chi connectivity index (χ1v) is 4.98. The Morgan fingerprint density at radius 1 is 1.54 bits per heavy atom. The molecular weight excluding hydrogens is 186 g/mol. The molecule has 1 aromatic heterocycles. The van der Waals surface area contributed by atoms with Gasteiger partial charge in [-0.15, -0.1) is 11.8 Å². The number of carbonyl (C=O) groups is 1. The van der Waals surface area contributed by atoms with Gasteiger partial charge in [0, 0.05) is 7.05 Å². The van der Waals surface area contributed by atoms with Crippen LogP contribution < -0.4 is 10.6 Å². The second-order valence-electron chi connectivity index (χ2n) is 2.27. The van der Waals surface area contributed by atoms with E-state index >= 15 is 0 Å². The zero-order valence-electron chi connectivity index (χ0n) is 7.50. The predicted molar refractivity (Wildman–Crippen MR) is 54.1 cm³/mol. The standard InChI is InChI=1S/C8H11N3OS/c1-9-8(12)11-6-4-3-5-7(10-6)13-2/h3-5H,1-2H3,(H2,9,10,11,12). The van der Waals surface area contributed by atoms with Crippen LogP contribution in [0.15, 0.2) is 23.2 Å². The first-order valence-electron chi connectivity index (χ1n) is 3.76. The largest absolute Gasteiger partial charge is 0.341 e. The van der Waals surface area contributed by atoms with Crippen molar-refractivity contribution in [2.24, 2.45) is 0 Å². The summed E-state index contributed by atoms with van der Waals surface area (Å²) in [5, 5.41) is 5.93. The number of urea groups is 1. The molecule has 0 aromatic carbocycles. The lowest BCUT2D eigenvalue weighted by atomic mass is 10.5. The van der Waals surface area contributed by atoms with E-state index in [1.54, 1.807) is 13.1 Å². The van der Waals surface area contributed by atoms with E-state index in [0.717, 1.165) is 5.03 Å². The Hall–Kier alpha value is -1.23. The van der Waals surface area contributed by atoms with Crippen molar-refractivity contribution in [2.75, 3.05) is 18.6 Å². The summed E-state index contributed by atoms with van der Waals surface area (Å²) in [6, 6.07) is 5.23. The van der Waals surface area contributed by atoms with Crippen molar-refractivity contribution in [1.29, 1.82) is 0 Å². The maximum Gasteiger partial charge on any atom is 0.320 e. The Balaban J connectivity index is 2.71. The molecular formula is C8H11N3OS. The highest BCUT2D eigenvalue weighted by molar-refractivity contribution is 7.98. The number of rotatable bonds is 2. The smallest absolute Gasteiger partial charge is 0.320 e. The van der Waals surface area contributed by atoms with E-state index in [0.29, 0.717) is 5.82 Å². The highest BCUT2D eigenvalue weighted by Crippen LogP contribution is 2.13. The van der Waals surface area contributed by atoms with Crippen LogP contribution in [0.25, 0.3) is 0 Å². The summed E-state index contributed by atoms with van der Waals surface area (Å²) < 4.78 is 0. The van der Waals surface area contributed by atoms with Gasteiger partial charge >= 0.3 is 6.03 Å². The second kappa shape index (κ2) is 4.71. The molecule has 0 spiro atoms. The van der Waals surface area contributed by atoms with Crippen LogP contribution >= 0.6 is 11.8 Å². The fraction of sp³-hybridized carbons (Fsp3) is 0.250. The minimum atomic E-state index is -0.259. The molecule has 0 unspecified atom stereocenters. The number of carbonyl (C=O) groups excluding carboxylic acids is 1. The van der Waals surface area contributed by atoms with E-state index in [2.05, 4.69) is 15.6 Å². The van der Waals surface area contributed by atoms with Crippen LogP contribution in [0.4, 0.5) is 10.6 Å². The maximum atomic E-state index is 10.9. The van der Waals surface area contributed by atoms with Crippen molar-refractivity contribution >= 4 is 23.6 Å². The van der Waals surface area contributed by atoms with Crippen molar-refractivity contribution in [3.63, 3.8) is 0 Å². The summed E-state index contributed by atoms with van der Waals surface area (Å²) in [6.07, 6.45) is 1.94. The number of hydrogen-bond donors (Lipinski definition) is 2. The molecule has 4 nitrogen and oxygen atoms in total. The third kappa shape index (κ3) is 2.95. The summed E-state index contributed by atoms with van der Waals surface area (Å²) in [5.74, 6) is 0.561. The summed E-state index contributed by atoms with van der Waals surface area (Å²) >= 11 is 1.53. The first-order chi connectivity index (χ1) is 6.26. The molecule has 2 N–H and O–H groups in total. The number of amides is 2. The van der Waals surface area contributed by atoms with E-state index in [1.165, 1.54) is 11.8 Å². The summed E-state index contributed by atoms with van der Waals surface area (Å²) in [6.45, 7) is 0.